The summed E-state index contributed by atoms with van der Waals surface area (Å²) in [6.45, 7) is 3.08. The van der Waals surface area contributed by atoms with Gasteiger partial charge in [0.15, 0.2) is 6.61 Å². The van der Waals surface area contributed by atoms with Crippen molar-refractivity contribution in [3.63, 3.8) is 0 Å². The van der Waals surface area contributed by atoms with Gasteiger partial charge in [-0.3, -0.25) is 4.79 Å². The fourth-order valence-electron chi connectivity index (χ4n) is 3.10. The van der Waals surface area contributed by atoms with Gasteiger partial charge in [-0.15, -0.1) is 0 Å². The van der Waals surface area contributed by atoms with E-state index in [1.807, 2.05) is 6.92 Å². The Kier molecular flexibility index (Phi) is 5.70. The van der Waals surface area contributed by atoms with Crippen LogP contribution in [0.3, 0.4) is 0 Å². The van der Waals surface area contributed by atoms with Gasteiger partial charge < -0.3 is 14.4 Å². The molecule has 0 aliphatic carbocycles. The molecular formula is C22H20FNO4. The van der Waals surface area contributed by atoms with Gasteiger partial charge in [0, 0.05) is 22.6 Å². The Morgan fingerprint density at radius 3 is 2.43 bits per heavy atom. The molecule has 0 bridgehead atoms. The number of aryl methyl sites for hydroxylation is 1. The molecular weight excluding hydrogens is 361 g/mol. The van der Waals surface area contributed by atoms with Crippen LogP contribution in [-0.4, -0.2) is 28.0 Å². The highest BCUT2D eigenvalue weighted by Gasteiger charge is 2.19. The normalized spacial score (nSPS) is 10.7. The Balaban J connectivity index is 1.74. The highest BCUT2D eigenvalue weighted by Crippen LogP contribution is 2.22. The predicted molar refractivity (Wildman–Crippen MR) is 102 cm³/mol. The molecule has 0 unspecified atom stereocenters. The number of halogens is 1. The van der Waals surface area contributed by atoms with E-state index in [1.165, 1.54) is 24.3 Å². The van der Waals surface area contributed by atoms with E-state index >= 15 is 0 Å². The lowest BCUT2D eigenvalue weighted by Crippen LogP contribution is -2.15. The van der Waals surface area contributed by atoms with E-state index in [9.17, 15) is 14.0 Å². The van der Waals surface area contributed by atoms with Gasteiger partial charge in [-0.1, -0.05) is 18.2 Å². The van der Waals surface area contributed by atoms with E-state index in [2.05, 4.69) is 0 Å². The summed E-state index contributed by atoms with van der Waals surface area (Å²) in [4.78, 5) is 24.7. The molecule has 2 aromatic carbocycles. The zero-order valence-corrected chi connectivity index (χ0v) is 15.6. The van der Waals surface area contributed by atoms with Crippen LogP contribution in [0.2, 0.25) is 0 Å². The molecule has 0 saturated heterocycles. The fraction of sp³-hybridized carbons (Fsp3) is 0.182. The van der Waals surface area contributed by atoms with E-state index in [4.69, 9.17) is 9.84 Å². The molecule has 5 nitrogen and oxygen atoms in total. The molecule has 0 atom stereocenters. The maximum atomic E-state index is 13.5. The number of esters is 1. The number of aromatic nitrogens is 1. The van der Waals surface area contributed by atoms with Crippen LogP contribution in [0.25, 0.3) is 5.69 Å². The van der Waals surface area contributed by atoms with Crippen LogP contribution >= 0.6 is 0 Å². The molecule has 28 heavy (non-hydrogen) atoms. The Morgan fingerprint density at radius 1 is 1.07 bits per heavy atom. The molecule has 0 saturated carbocycles. The molecule has 1 N–H and O–H groups in total. The summed E-state index contributed by atoms with van der Waals surface area (Å²) < 4.78 is 20.5. The Hall–Kier alpha value is -3.25. The summed E-state index contributed by atoms with van der Waals surface area (Å²) in [5.74, 6) is -1.31. The highest BCUT2D eigenvalue weighted by atomic mass is 19.1. The molecule has 0 radical (unpaired) electrons. The second-order valence-corrected chi connectivity index (χ2v) is 6.45. The van der Waals surface area contributed by atoms with Crippen molar-refractivity contribution in [3.05, 3.63) is 88.5 Å². The summed E-state index contributed by atoms with van der Waals surface area (Å²) in [5.41, 5.74) is 3.45. The van der Waals surface area contributed by atoms with Gasteiger partial charge in [0.2, 0.25) is 5.78 Å². The van der Waals surface area contributed by atoms with Crippen molar-refractivity contribution < 1.29 is 23.8 Å². The van der Waals surface area contributed by atoms with Crippen molar-refractivity contribution in [1.29, 1.82) is 0 Å². The first-order valence-electron chi connectivity index (χ1n) is 8.75. The van der Waals surface area contributed by atoms with Crippen LogP contribution in [-0.2, 0) is 11.3 Å². The van der Waals surface area contributed by atoms with E-state index in [0.717, 1.165) is 5.69 Å². The van der Waals surface area contributed by atoms with Crippen LogP contribution in [0, 0.1) is 19.7 Å². The predicted octanol–water partition coefficient (Wildman–Crippen LogP) is 3.77. The van der Waals surface area contributed by atoms with E-state index in [0.29, 0.717) is 28.1 Å². The monoisotopic (exact) mass is 381 g/mol. The number of benzene rings is 2. The van der Waals surface area contributed by atoms with Gasteiger partial charge in [-0.2, -0.15) is 0 Å². The smallest absolute Gasteiger partial charge is 0.338 e. The summed E-state index contributed by atoms with van der Waals surface area (Å²) in [6.07, 6.45) is 0. The largest absolute Gasteiger partial charge is 0.454 e. The summed E-state index contributed by atoms with van der Waals surface area (Å²) in [5, 5.41) is 9.03. The molecule has 0 spiro atoms. The molecule has 3 rings (SSSR count). The van der Waals surface area contributed by atoms with Crippen molar-refractivity contribution in [2.75, 3.05) is 6.61 Å². The molecule has 3 aromatic rings. The van der Waals surface area contributed by atoms with Crippen molar-refractivity contribution in [2.24, 2.45) is 0 Å². The second kappa shape index (κ2) is 8.19. The second-order valence-electron chi connectivity index (χ2n) is 6.45. The zero-order valence-electron chi connectivity index (χ0n) is 15.6. The fourth-order valence-corrected chi connectivity index (χ4v) is 3.10. The van der Waals surface area contributed by atoms with Gasteiger partial charge in [-0.05, 0) is 55.8 Å². The Labute approximate surface area is 162 Å². The number of hydrogen-bond donors (Lipinski definition) is 1. The Morgan fingerprint density at radius 2 is 1.79 bits per heavy atom. The van der Waals surface area contributed by atoms with Gasteiger partial charge in [0.25, 0.3) is 0 Å². The first-order chi connectivity index (χ1) is 13.4. The topological polar surface area (TPSA) is 68.5 Å². The number of rotatable bonds is 6. The van der Waals surface area contributed by atoms with Crippen LogP contribution in [0.1, 0.15) is 37.7 Å². The third-order valence-electron chi connectivity index (χ3n) is 4.50. The number of ether oxygens (including phenoxy) is 1. The molecule has 0 fully saturated rings. The van der Waals surface area contributed by atoms with E-state index < -0.39 is 12.6 Å². The van der Waals surface area contributed by atoms with Crippen molar-refractivity contribution in [2.45, 2.75) is 20.5 Å². The molecule has 0 aliphatic heterocycles. The molecule has 1 aromatic heterocycles. The average Bonchev–Trinajstić information content (AvgIpc) is 3.00. The zero-order chi connectivity index (χ0) is 20.3. The number of carbonyl (C=O) groups excluding carboxylic acids is 2. The number of nitrogens with zero attached hydrogens (tertiary/aromatic N) is 1. The van der Waals surface area contributed by atoms with Crippen molar-refractivity contribution in [1.82, 2.24) is 4.57 Å². The lowest BCUT2D eigenvalue weighted by molar-refractivity contribution is 0.0474. The number of aliphatic hydroxyl groups is 1. The van der Waals surface area contributed by atoms with Crippen LogP contribution in [0.4, 0.5) is 4.39 Å². The maximum absolute atomic E-state index is 13.5. The van der Waals surface area contributed by atoms with Gasteiger partial charge in [0.1, 0.15) is 5.82 Å². The first kappa shape index (κ1) is 19.5. The molecule has 1 heterocycles. The molecule has 6 heteroatoms. The third kappa shape index (κ3) is 4.02. The van der Waals surface area contributed by atoms with E-state index in [-0.39, 0.29) is 18.2 Å². The number of carbonyl (C=O) groups is 2. The highest BCUT2D eigenvalue weighted by molar-refractivity contribution is 6.00. The van der Waals surface area contributed by atoms with Crippen molar-refractivity contribution >= 4 is 11.8 Å². The van der Waals surface area contributed by atoms with Gasteiger partial charge in [-0.25, -0.2) is 9.18 Å². The number of ketones is 1. The van der Waals surface area contributed by atoms with Crippen molar-refractivity contribution in [3.8, 4) is 5.69 Å². The minimum Gasteiger partial charge on any atom is -0.454 e. The number of Topliss-reactive ketones (excluding diaryl/α,β-unsaturated/α-hetero) is 1. The third-order valence-corrected chi connectivity index (χ3v) is 4.50. The standard InChI is InChI=1S/C22H20FNO4/c1-14-10-20(15(2)24(14)19-5-3-4-18(23)11-19)21(26)13-28-22(27)17-8-6-16(12-25)7-9-17/h3-11,25H,12-13H2,1-2H3. The minimum absolute atomic E-state index is 0.116. The average molecular weight is 381 g/mol. The van der Waals surface area contributed by atoms with Crippen LogP contribution < -0.4 is 0 Å². The van der Waals surface area contributed by atoms with Gasteiger partial charge >= 0.3 is 5.97 Å². The minimum atomic E-state index is -0.614. The van der Waals surface area contributed by atoms with E-state index in [1.54, 1.807) is 41.8 Å². The quantitative estimate of drug-likeness (QED) is 0.521. The van der Waals surface area contributed by atoms with Gasteiger partial charge in [0.05, 0.1) is 12.2 Å². The van der Waals surface area contributed by atoms with Crippen LogP contribution in [0.15, 0.2) is 54.6 Å². The lowest BCUT2D eigenvalue weighted by Gasteiger charge is -2.10. The molecule has 144 valence electrons. The summed E-state index contributed by atoms with van der Waals surface area (Å²) in [6, 6.07) is 14.1. The summed E-state index contributed by atoms with van der Waals surface area (Å²) in [7, 11) is 0. The molecule has 0 aliphatic rings. The Bertz CT molecular complexity index is 1020. The number of hydrogen-bond acceptors (Lipinski definition) is 4. The lowest BCUT2D eigenvalue weighted by atomic mass is 10.1. The summed E-state index contributed by atoms with van der Waals surface area (Å²) >= 11 is 0. The first-order valence-corrected chi connectivity index (χ1v) is 8.75. The SMILES string of the molecule is Cc1cc(C(=O)COC(=O)c2ccc(CO)cc2)c(C)n1-c1cccc(F)c1. The number of aliphatic hydroxyl groups excluding tert-OH is 1. The molecule has 0 amide bonds. The van der Waals surface area contributed by atoms with Crippen LogP contribution in [0.5, 0.6) is 0 Å². The maximum Gasteiger partial charge on any atom is 0.338 e.